The van der Waals surface area contributed by atoms with Gasteiger partial charge in [0.05, 0.1) is 0 Å². The van der Waals surface area contributed by atoms with Crippen LogP contribution < -0.4 is 5.32 Å². The van der Waals surface area contributed by atoms with Crippen molar-refractivity contribution in [3.8, 4) is 0 Å². The van der Waals surface area contributed by atoms with Crippen molar-refractivity contribution in [2.75, 3.05) is 6.54 Å². The molecule has 0 aromatic heterocycles. The van der Waals surface area contributed by atoms with Crippen LogP contribution in [-0.2, 0) is 0 Å². The zero-order chi connectivity index (χ0) is 13.2. The highest BCUT2D eigenvalue weighted by Gasteiger charge is 2.45. The highest BCUT2D eigenvalue weighted by Crippen LogP contribution is 2.51. The van der Waals surface area contributed by atoms with Crippen LogP contribution in [0.5, 0.6) is 0 Å². The fraction of sp³-hybridized carbons (Fsp3) is 1.00. The Morgan fingerprint density at radius 3 is 2.39 bits per heavy atom. The van der Waals surface area contributed by atoms with Gasteiger partial charge in [0.25, 0.3) is 0 Å². The van der Waals surface area contributed by atoms with Gasteiger partial charge in [-0.1, -0.05) is 40.5 Å². The van der Waals surface area contributed by atoms with Gasteiger partial charge in [-0.25, -0.2) is 0 Å². The van der Waals surface area contributed by atoms with Crippen molar-refractivity contribution in [3.63, 3.8) is 0 Å². The van der Waals surface area contributed by atoms with E-state index in [4.69, 9.17) is 0 Å². The number of hydrogen-bond donors (Lipinski definition) is 1. The normalized spacial score (nSPS) is 31.0. The van der Waals surface area contributed by atoms with E-state index in [1.807, 2.05) is 0 Å². The first-order valence-electron chi connectivity index (χ1n) is 8.25. The van der Waals surface area contributed by atoms with Crippen molar-refractivity contribution >= 4 is 0 Å². The van der Waals surface area contributed by atoms with Crippen LogP contribution in [0.3, 0.4) is 0 Å². The molecule has 0 saturated heterocycles. The average Bonchev–Trinajstić information content (AvgIpc) is 3.07. The summed E-state index contributed by atoms with van der Waals surface area (Å²) in [6.45, 7) is 10.8. The van der Waals surface area contributed by atoms with E-state index in [-0.39, 0.29) is 0 Å². The minimum absolute atomic E-state index is 0.672. The lowest BCUT2D eigenvalue weighted by Gasteiger charge is -2.32. The molecule has 0 heterocycles. The fourth-order valence-corrected chi connectivity index (χ4v) is 3.82. The summed E-state index contributed by atoms with van der Waals surface area (Å²) in [5, 5.41) is 3.91. The van der Waals surface area contributed by atoms with Crippen LogP contribution in [0.1, 0.15) is 72.6 Å². The molecule has 106 valence electrons. The molecule has 2 atom stereocenters. The summed E-state index contributed by atoms with van der Waals surface area (Å²) in [6.07, 6.45) is 10.1. The first kappa shape index (κ1) is 14.4. The maximum Gasteiger partial charge on any atom is 0.00699 e. The Labute approximate surface area is 114 Å². The van der Waals surface area contributed by atoms with Crippen molar-refractivity contribution in [1.82, 2.24) is 5.32 Å². The molecular formula is C17H33N. The molecule has 1 heteroatoms. The minimum Gasteiger partial charge on any atom is -0.313 e. The van der Waals surface area contributed by atoms with Gasteiger partial charge in [0, 0.05) is 12.6 Å². The lowest BCUT2D eigenvalue weighted by atomic mass is 9.80. The van der Waals surface area contributed by atoms with Crippen molar-refractivity contribution in [3.05, 3.63) is 0 Å². The van der Waals surface area contributed by atoms with Crippen LogP contribution in [0.2, 0.25) is 0 Å². The quantitative estimate of drug-likeness (QED) is 0.726. The number of nitrogens with one attached hydrogen (secondary N) is 1. The van der Waals surface area contributed by atoms with Gasteiger partial charge in [-0.2, -0.15) is 0 Å². The van der Waals surface area contributed by atoms with E-state index >= 15 is 0 Å². The van der Waals surface area contributed by atoms with E-state index in [0.29, 0.717) is 5.41 Å². The summed E-state index contributed by atoms with van der Waals surface area (Å²) < 4.78 is 0. The van der Waals surface area contributed by atoms with Crippen molar-refractivity contribution in [2.24, 2.45) is 23.2 Å². The molecule has 2 aliphatic rings. The Balaban J connectivity index is 1.73. The second-order valence-electron chi connectivity index (χ2n) is 7.76. The van der Waals surface area contributed by atoms with E-state index in [2.05, 4.69) is 33.0 Å². The van der Waals surface area contributed by atoms with Crippen LogP contribution in [0.15, 0.2) is 0 Å². The summed E-state index contributed by atoms with van der Waals surface area (Å²) in [4.78, 5) is 0. The maximum absolute atomic E-state index is 3.91. The SMILES string of the molecule is CC(C)CC1CCCC(NCC2(C(C)C)CC2)C1. The Kier molecular flexibility index (Phi) is 4.75. The third-order valence-electron chi connectivity index (χ3n) is 5.45. The predicted molar refractivity (Wildman–Crippen MR) is 79.7 cm³/mol. The zero-order valence-electron chi connectivity index (χ0n) is 13.0. The Hall–Kier alpha value is -0.0400. The third-order valence-corrected chi connectivity index (χ3v) is 5.45. The number of rotatable bonds is 6. The molecule has 0 aliphatic heterocycles. The third kappa shape index (κ3) is 3.73. The second-order valence-corrected chi connectivity index (χ2v) is 7.76. The van der Waals surface area contributed by atoms with Crippen molar-refractivity contribution in [2.45, 2.75) is 78.7 Å². The summed E-state index contributed by atoms with van der Waals surface area (Å²) in [7, 11) is 0. The first-order valence-corrected chi connectivity index (χ1v) is 8.25. The molecule has 0 aromatic rings. The summed E-state index contributed by atoms with van der Waals surface area (Å²) in [6, 6.07) is 0.818. The van der Waals surface area contributed by atoms with Crippen LogP contribution in [0.25, 0.3) is 0 Å². The molecule has 1 N–H and O–H groups in total. The van der Waals surface area contributed by atoms with Crippen molar-refractivity contribution in [1.29, 1.82) is 0 Å². The van der Waals surface area contributed by atoms with Gasteiger partial charge in [-0.05, 0) is 55.3 Å². The Morgan fingerprint density at radius 2 is 1.83 bits per heavy atom. The van der Waals surface area contributed by atoms with E-state index in [1.54, 1.807) is 0 Å². The summed E-state index contributed by atoms with van der Waals surface area (Å²) in [5.74, 6) is 2.73. The largest absolute Gasteiger partial charge is 0.313 e. The molecular weight excluding hydrogens is 218 g/mol. The van der Waals surface area contributed by atoms with Gasteiger partial charge in [0.1, 0.15) is 0 Å². The second kappa shape index (κ2) is 5.94. The van der Waals surface area contributed by atoms with Crippen LogP contribution in [-0.4, -0.2) is 12.6 Å². The molecule has 0 aromatic carbocycles. The molecule has 1 nitrogen and oxygen atoms in total. The van der Waals surface area contributed by atoms with E-state index in [0.717, 1.165) is 23.8 Å². The van der Waals surface area contributed by atoms with Gasteiger partial charge >= 0.3 is 0 Å². The molecule has 2 unspecified atom stereocenters. The monoisotopic (exact) mass is 251 g/mol. The maximum atomic E-state index is 3.91. The van der Waals surface area contributed by atoms with Gasteiger partial charge < -0.3 is 5.32 Å². The van der Waals surface area contributed by atoms with E-state index < -0.39 is 0 Å². The zero-order valence-corrected chi connectivity index (χ0v) is 13.0. The molecule has 2 aliphatic carbocycles. The minimum atomic E-state index is 0.672. The Bertz CT molecular complexity index is 252. The molecule has 0 spiro atoms. The van der Waals surface area contributed by atoms with E-state index in [1.165, 1.54) is 51.5 Å². The van der Waals surface area contributed by atoms with Crippen molar-refractivity contribution < 1.29 is 0 Å². The predicted octanol–water partition coefficient (Wildman–Crippen LogP) is 4.62. The molecule has 2 rings (SSSR count). The molecule has 18 heavy (non-hydrogen) atoms. The molecule has 2 saturated carbocycles. The fourth-order valence-electron chi connectivity index (χ4n) is 3.82. The summed E-state index contributed by atoms with van der Waals surface area (Å²) >= 11 is 0. The topological polar surface area (TPSA) is 12.0 Å². The molecule has 0 radical (unpaired) electrons. The standard InChI is InChI=1S/C17H33N/c1-13(2)10-15-6-5-7-16(11-15)18-12-17(8-9-17)14(3)4/h13-16,18H,5-12H2,1-4H3. The van der Waals surface area contributed by atoms with Gasteiger partial charge in [0.15, 0.2) is 0 Å². The first-order chi connectivity index (χ1) is 8.52. The lowest BCUT2D eigenvalue weighted by molar-refractivity contribution is 0.232. The molecule has 2 fully saturated rings. The van der Waals surface area contributed by atoms with Crippen LogP contribution >= 0.6 is 0 Å². The van der Waals surface area contributed by atoms with Crippen LogP contribution in [0, 0.1) is 23.2 Å². The van der Waals surface area contributed by atoms with Gasteiger partial charge in [0.2, 0.25) is 0 Å². The van der Waals surface area contributed by atoms with Gasteiger partial charge in [-0.3, -0.25) is 0 Å². The summed E-state index contributed by atoms with van der Waals surface area (Å²) in [5.41, 5.74) is 0.672. The molecule has 0 bridgehead atoms. The van der Waals surface area contributed by atoms with Crippen LogP contribution in [0.4, 0.5) is 0 Å². The smallest absolute Gasteiger partial charge is 0.00699 e. The number of hydrogen-bond acceptors (Lipinski definition) is 1. The highest BCUT2D eigenvalue weighted by molar-refractivity contribution is 4.98. The Morgan fingerprint density at radius 1 is 1.11 bits per heavy atom. The lowest BCUT2D eigenvalue weighted by Crippen LogP contribution is -2.39. The molecule has 0 amide bonds. The van der Waals surface area contributed by atoms with E-state index in [9.17, 15) is 0 Å². The van der Waals surface area contributed by atoms with Gasteiger partial charge in [-0.15, -0.1) is 0 Å². The highest BCUT2D eigenvalue weighted by atomic mass is 14.9. The average molecular weight is 251 g/mol.